The number of methoxy groups -OCH3 is 1. The third-order valence-corrected chi connectivity index (χ3v) is 5.64. The van der Waals surface area contributed by atoms with Gasteiger partial charge in [0.25, 0.3) is 11.8 Å². The lowest BCUT2D eigenvalue weighted by Gasteiger charge is -2.10. The zero-order chi connectivity index (χ0) is 22.2. The predicted octanol–water partition coefficient (Wildman–Crippen LogP) is 5.09. The van der Waals surface area contributed by atoms with Gasteiger partial charge in [0, 0.05) is 14.9 Å². The molecule has 0 atom stereocenters. The maximum Gasteiger partial charge on any atom is 0.287 e. The minimum Gasteiger partial charge on any atom is -0.496 e. The molecular weight excluding hydrogens is 502 g/mol. The molecule has 6 nitrogen and oxygen atoms in total. The first-order chi connectivity index (χ1) is 15.0. The van der Waals surface area contributed by atoms with E-state index in [4.69, 9.17) is 16.3 Å². The summed E-state index contributed by atoms with van der Waals surface area (Å²) >= 11 is 10.9. The second-order valence-corrected chi connectivity index (χ2v) is 8.39. The number of carbonyl (C=O) groups is 2. The monoisotopic (exact) mass is 517 g/mol. The van der Waals surface area contributed by atoms with Crippen molar-refractivity contribution >= 4 is 63.0 Å². The maximum atomic E-state index is 12.8. The van der Waals surface area contributed by atoms with Gasteiger partial charge in [-0.25, -0.2) is 5.43 Å². The van der Waals surface area contributed by atoms with Gasteiger partial charge in [-0.05, 0) is 47.9 Å². The molecule has 31 heavy (non-hydrogen) atoms. The Morgan fingerprint density at radius 3 is 2.68 bits per heavy atom. The van der Waals surface area contributed by atoms with Crippen LogP contribution in [-0.4, -0.2) is 25.1 Å². The van der Waals surface area contributed by atoms with Crippen molar-refractivity contribution in [1.82, 2.24) is 10.7 Å². The first-order valence-corrected chi connectivity index (χ1v) is 11.0. The Balaban J connectivity index is 1.80. The minimum absolute atomic E-state index is 0.0331. The van der Waals surface area contributed by atoms with E-state index in [1.54, 1.807) is 49.6 Å². The summed E-state index contributed by atoms with van der Waals surface area (Å²) in [6.07, 6.45) is 3.03. The Morgan fingerprint density at radius 2 is 1.97 bits per heavy atom. The smallest absolute Gasteiger partial charge is 0.287 e. The minimum atomic E-state index is -0.584. The van der Waals surface area contributed by atoms with Crippen LogP contribution in [0.25, 0.3) is 6.08 Å². The van der Waals surface area contributed by atoms with Gasteiger partial charge >= 0.3 is 0 Å². The summed E-state index contributed by atoms with van der Waals surface area (Å²) in [5.74, 6) is -0.484. The van der Waals surface area contributed by atoms with Gasteiger partial charge in [-0.3, -0.25) is 9.59 Å². The predicted molar refractivity (Wildman–Crippen MR) is 128 cm³/mol. The van der Waals surface area contributed by atoms with Crippen LogP contribution in [0.15, 0.2) is 75.2 Å². The van der Waals surface area contributed by atoms with E-state index >= 15 is 0 Å². The molecule has 2 amide bonds. The molecule has 0 saturated carbocycles. The Labute approximate surface area is 196 Å². The van der Waals surface area contributed by atoms with Crippen molar-refractivity contribution in [3.63, 3.8) is 0 Å². The van der Waals surface area contributed by atoms with Crippen LogP contribution in [0.2, 0.25) is 5.02 Å². The normalized spacial score (nSPS) is 11.4. The molecule has 0 unspecified atom stereocenters. The molecule has 0 fully saturated rings. The van der Waals surface area contributed by atoms with Gasteiger partial charge in [-0.15, -0.1) is 11.3 Å². The van der Waals surface area contributed by atoms with Crippen molar-refractivity contribution in [2.45, 2.75) is 0 Å². The molecule has 2 N–H and O–H groups in total. The van der Waals surface area contributed by atoms with Gasteiger partial charge in [0.1, 0.15) is 11.4 Å². The van der Waals surface area contributed by atoms with E-state index in [-0.39, 0.29) is 16.3 Å². The third-order valence-electron chi connectivity index (χ3n) is 4.00. The van der Waals surface area contributed by atoms with Gasteiger partial charge in [-0.1, -0.05) is 45.7 Å². The Bertz CT molecular complexity index is 1150. The highest BCUT2D eigenvalue weighted by Crippen LogP contribution is 2.21. The largest absolute Gasteiger partial charge is 0.496 e. The van der Waals surface area contributed by atoms with E-state index in [2.05, 4.69) is 31.8 Å². The number of nitrogens with one attached hydrogen (secondary N) is 2. The number of rotatable bonds is 7. The summed E-state index contributed by atoms with van der Waals surface area (Å²) in [6.45, 7) is 0. The van der Waals surface area contributed by atoms with Crippen LogP contribution >= 0.6 is 38.9 Å². The number of benzene rings is 2. The molecule has 0 spiro atoms. The van der Waals surface area contributed by atoms with Crippen molar-refractivity contribution in [3.8, 4) is 5.75 Å². The molecule has 1 heterocycles. The molecule has 1 aromatic heterocycles. The quantitative estimate of drug-likeness (QED) is 0.260. The first-order valence-electron chi connectivity index (χ1n) is 8.96. The lowest BCUT2D eigenvalue weighted by molar-refractivity contribution is -0.117. The summed E-state index contributed by atoms with van der Waals surface area (Å²) in [6, 6.07) is 15.7. The fourth-order valence-electron chi connectivity index (χ4n) is 2.54. The van der Waals surface area contributed by atoms with E-state index < -0.39 is 11.8 Å². The molecule has 3 aromatic rings. The highest BCUT2D eigenvalue weighted by Gasteiger charge is 2.16. The van der Waals surface area contributed by atoms with Crippen LogP contribution in [-0.2, 0) is 4.79 Å². The van der Waals surface area contributed by atoms with E-state index in [9.17, 15) is 9.59 Å². The van der Waals surface area contributed by atoms with Gasteiger partial charge in [0.05, 0.1) is 23.9 Å². The summed E-state index contributed by atoms with van der Waals surface area (Å²) in [5, 5.41) is 8.78. The van der Waals surface area contributed by atoms with Gasteiger partial charge in [0.2, 0.25) is 0 Å². The summed E-state index contributed by atoms with van der Waals surface area (Å²) in [7, 11) is 1.55. The third kappa shape index (κ3) is 6.27. The maximum absolute atomic E-state index is 12.8. The van der Waals surface area contributed by atoms with Gasteiger partial charge in [-0.2, -0.15) is 5.10 Å². The van der Waals surface area contributed by atoms with Crippen LogP contribution in [0.4, 0.5) is 0 Å². The number of hydrogen-bond acceptors (Lipinski definition) is 5. The van der Waals surface area contributed by atoms with Crippen molar-refractivity contribution in [3.05, 3.63) is 91.2 Å². The molecule has 158 valence electrons. The number of carbonyl (C=O) groups excluding carboxylic acids is 2. The van der Waals surface area contributed by atoms with Crippen LogP contribution in [0.5, 0.6) is 5.75 Å². The van der Waals surface area contributed by atoms with E-state index in [1.165, 1.54) is 17.6 Å². The molecule has 0 aliphatic heterocycles. The van der Waals surface area contributed by atoms with E-state index in [0.717, 1.165) is 9.35 Å². The van der Waals surface area contributed by atoms with Crippen LogP contribution in [0.3, 0.4) is 0 Å². The van der Waals surface area contributed by atoms with E-state index in [1.807, 2.05) is 23.6 Å². The highest BCUT2D eigenvalue weighted by atomic mass is 79.9. The Hall–Kier alpha value is -2.94. The Morgan fingerprint density at radius 1 is 1.16 bits per heavy atom. The first kappa shape index (κ1) is 22.7. The molecule has 0 saturated heterocycles. The van der Waals surface area contributed by atoms with E-state index in [0.29, 0.717) is 11.3 Å². The highest BCUT2D eigenvalue weighted by molar-refractivity contribution is 9.10. The van der Waals surface area contributed by atoms with Gasteiger partial charge in [0.15, 0.2) is 0 Å². The fraction of sp³-hybridized carbons (Fsp3) is 0.0455. The molecular formula is C22H17BrClN3O3S. The van der Waals surface area contributed by atoms with Crippen molar-refractivity contribution in [2.75, 3.05) is 7.11 Å². The van der Waals surface area contributed by atoms with Crippen LogP contribution in [0, 0.1) is 0 Å². The second kappa shape index (κ2) is 10.9. The summed E-state index contributed by atoms with van der Waals surface area (Å²) in [4.78, 5) is 26.2. The average Bonchev–Trinajstić information content (AvgIpc) is 3.27. The SMILES string of the molecule is COc1ccc(Br)cc1/C=N/NC(=O)/C(=C\c1cccs1)NC(=O)c1ccccc1Cl. The van der Waals surface area contributed by atoms with Crippen LogP contribution in [0.1, 0.15) is 20.8 Å². The number of halogens is 2. The van der Waals surface area contributed by atoms with Crippen molar-refractivity contribution < 1.29 is 14.3 Å². The number of hydrogen-bond donors (Lipinski definition) is 2. The topological polar surface area (TPSA) is 79.8 Å². The number of hydrazone groups is 1. The number of amides is 2. The zero-order valence-electron chi connectivity index (χ0n) is 16.3. The number of nitrogens with zero attached hydrogens (tertiary/aromatic N) is 1. The lowest BCUT2D eigenvalue weighted by atomic mass is 10.2. The second-order valence-electron chi connectivity index (χ2n) is 6.09. The summed E-state index contributed by atoms with van der Waals surface area (Å²) < 4.78 is 6.12. The summed E-state index contributed by atoms with van der Waals surface area (Å²) in [5.41, 5.74) is 3.40. The average molecular weight is 519 g/mol. The molecule has 3 rings (SSSR count). The molecule has 0 bridgehead atoms. The molecule has 2 aromatic carbocycles. The molecule has 0 radical (unpaired) electrons. The standard InChI is InChI=1S/C22H17BrClN3O3S/c1-30-20-9-8-15(23)11-14(20)13-25-27-22(29)19(12-16-5-4-10-31-16)26-21(28)17-6-2-3-7-18(17)24/h2-13H,1H3,(H,26,28)(H,27,29)/b19-12+,25-13+. The lowest BCUT2D eigenvalue weighted by Crippen LogP contribution is -2.33. The fourth-order valence-corrected chi connectivity index (χ4v) is 3.79. The number of ether oxygens (including phenoxy) is 1. The van der Waals surface area contributed by atoms with Crippen molar-refractivity contribution in [1.29, 1.82) is 0 Å². The number of thiophene rings is 1. The zero-order valence-corrected chi connectivity index (χ0v) is 19.4. The molecule has 0 aliphatic rings. The molecule has 0 aliphatic carbocycles. The van der Waals surface area contributed by atoms with Crippen molar-refractivity contribution in [2.24, 2.45) is 5.10 Å². The molecule has 9 heteroatoms. The van der Waals surface area contributed by atoms with Crippen LogP contribution < -0.4 is 15.5 Å². The van der Waals surface area contributed by atoms with Gasteiger partial charge < -0.3 is 10.1 Å². The Kier molecular flexibility index (Phi) is 8.00.